The first kappa shape index (κ1) is 43.2. The van der Waals surface area contributed by atoms with Crippen molar-refractivity contribution in [2.24, 2.45) is 0 Å². The lowest BCUT2D eigenvalue weighted by Crippen LogP contribution is -2.29. The van der Waals surface area contributed by atoms with E-state index in [0.29, 0.717) is 0 Å². The van der Waals surface area contributed by atoms with Gasteiger partial charge in [-0.1, -0.05) is 146 Å². The Kier molecular flexibility index (Phi) is 11.2. The Morgan fingerprint density at radius 2 is 0.535 bits per heavy atom. The zero-order chi connectivity index (χ0) is 47.1. The number of rotatable bonds is 12. The summed E-state index contributed by atoms with van der Waals surface area (Å²) in [5.74, 6) is 0. The van der Waals surface area contributed by atoms with E-state index in [4.69, 9.17) is 0 Å². The molecule has 0 fully saturated rings. The zero-order valence-electron chi connectivity index (χ0n) is 38.4. The van der Waals surface area contributed by atoms with Crippen LogP contribution in [0.4, 0.5) is 34.1 Å². The predicted octanol–water partition coefficient (Wildman–Crippen LogP) is 19.9. The van der Waals surface area contributed by atoms with E-state index < -0.39 is 5.41 Å². The van der Waals surface area contributed by atoms with E-state index in [1.54, 1.807) is 45.3 Å². The third-order valence-corrected chi connectivity index (χ3v) is 17.4. The minimum absolute atomic E-state index is 0.658. The molecule has 4 heterocycles. The Bertz CT molecular complexity index is 3290. The molecule has 0 unspecified atom stereocenters. The van der Waals surface area contributed by atoms with Gasteiger partial charge in [0, 0.05) is 53.6 Å². The molecule has 12 aromatic rings. The lowest BCUT2D eigenvalue weighted by Gasteiger charge is -2.35. The van der Waals surface area contributed by atoms with Crippen LogP contribution in [0.2, 0.25) is 0 Å². The summed E-state index contributed by atoms with van der Waals surface area (Å²) in [5.41, 5.74) is 18.2. The van der Waals surface area contributed by atoms with Crippen LogP contribution < -0.4 is 9.80 Å². The van der Waals surface area contributed by atoms with Crippen molar-refractivity contribution in [1.29, 1.82) is 0 Å². The SMILES string of the molecule is c1ccc(C2(c3ccccc3)c3cc(N(c4ccc(-c5cccs5)cc4)c4ccc(-c5cccs5)cc4)ccc3-c3ccc(N(c4ccc(-c5cccs5)cc4)c4ccc(-c5cccs5)cc4)cc32)cc1. The normalized spacial score (nSPS) is 12.3. The quantitative estimate of drug-likeness (QED) is 0.120. The third-order valence-electron chi connectivity index (χ3n) is 13.8. The van der Waals surface area contributed by atoms with Crippen molar-refractivity contribution in [3.63, 3.8) is 0 Å². The Balaban J connectivity index is 1.01. The van der Waals surface area contributed by atoms with Gasteiger partial charge in [-0.3, -0.25) is 0 Å². The summed E-state index contributed by atoms with van der Waals surface area (Å²) in [6, 6.07) is 90.1. The van der Waals surface area contributed by atoms with Gasteiger partial charge in [0.25, 0.3) is 0 Å². The second-order valence-corrected chi connectivity index (χ2v) is 21.5. The Hall–Kier alpha value is -7.84. The highest BCUT2D eigenvalue weighted by atomic mass is 32.1. The average Bonchev–Trinajstić information content (AvgIpc) is 4.32. The van der Waals surface area contributed by atoms with Crippen LogP contribution in [0.3, 0.4) is 0 Å². The first-order valence-corrected chi connectivity index (χ1v) is 27.3. The van der Waals surface area contributed by atoms with Crippen molar-refractivity contribution in [2.75, 3.05) is 9.80 Å². The highest BCUT2D eigenvalue weighted by Gasteiger charge is 2.47. The van der Waals surface area contributed by atoms with Gasteiger partial charge in [-0.25, -0.2) is 0 Å². The molecule has 0 atom stereocenters. The molecule has 0 saturated carbocycles. The summed E-state index contributed by atoms with van der Waals surface area (Å²) in [6.45, 7) is 0. The van der Waals surface area contributed by atoms with Crippen LogP contribution in [0, 0.1) is 0 Å². The second kappa shape index (κ2) is 18.5. The molecule has 71 heavy (non-hydrogen) atoms. The van der Waals surface area contributed by atoms with Gasteiger partial charge in [-0.05, 0) is 174 Å². The summed E-state index contributed by atoms with van der Waals surface area (Å²) >= 11 is 7.08. The topological polar surface area (TPSA) is 6.48 Å². The van der Waals surface area contributed by atoms with Crippen LogP contribution in [-0.4, -0.2) is 0 Å². The van der Waals surface area contributed by atoms with Crippen molar-refractivity contribution in [3.8, 4) is 52.9 Å². The minimum Gasteiger partial charge on any atom is -0.310 e. The molecule has 338 valence electrons. The van der Waals surface area contributed by atoms with Crippen LogP contribution in [0.1, 0.15) is 22.3 Å². The average molecular weight is 981 g/mol. The Labute approximate surface area is 430 Å². The second-order valence-electron chi connectivity index (χ2n) is 17.7. The molecule has 2 nitrogen and oxygen atoms in total. The largest absolute Gasteiger partial charge is 0.310 e. The maximum absolute atomic E-state index is 2.47. The summed E-state index contributed by atoms with van der Waals surface area (Å²) in [6.07, 6.45) is 0. The number of benzene rings is 8. The first-order valence-electron chi connectivity index (χ1n) is 23.8. The fourth-order valence-electron chi connectivity index (χ4n) is 10.5. The lowest BCUT2D eigenvalue weighted by atomic mass is 9.67. The molecule has 6 heteroatoms. The fraction of sp³-hybridized carbons (Fsp3) is 0.0154. The van der Waals surface area contributed by atoms with Crippen molar-refractivity contribution in [3.05, 3.63) is 286 Å². The monoisotopic (exact) mass is 980 g/mol. The van der Waals surface area contributed by atoms with Crippen molar-refractivity contribution < 1.29 is 0 Å². The van der Waals surface area contributed by atoms with Gasteiger partial charge in [0.2, 0.25) is 0 Å². The van der Waals surface area contributed by atoms with Crippen LogP contribution in [-0.2, 0) is 5.41 Å². The molecule has 0 amide bonds. The molecule has 0 aliphatic heterocycles. The van der Waals surface area contributed by atoms with Crippen molar-refractivity contribution in [1.82, 2.24) is 0 Å². The van der Waals surface area contributed by atoms with Crippen molar-refractivity contribution >= 4 is 79.5 Å². The molecule has 0 spiro atoms. The van der Waals surface area contributed by atoms with E-state index in [1.165, 1.54) is 75.1 Å². The molecular formula is C65H44N2S4. The van der Waals surface area contributed by atoms with Crippen LogP contribution in [0.25, 0.3) is 52.9 Å². The van der Waals surface area contributed by atoms with E-state index in [0.717, 1.165) is 34.1 Å². The fourth-order valence-corrected chi connectivity index (χ4v) is 13.4. The summed E-state index contributed by atoms with van der Waals surface area (Å²) in [4.78, 5) is 9.90. The molecule has 0 bridgehead atoms. The third kappa shape index (κ3) is 7.77. The van der Waals surface area contributed by atoms with Gasteiger partial charge in [-0.15, -0.1) is 45.3 Å². The molecule has 4 aromatic heterocycles. The van der Waals surface area contributed by atoms with E-state index >= 15 is 0 Å². The molecule has 1 aliphatic rings. The number of fused-ring (bicyclic) bond motifs is 3. The van der Waals surface area contributed by atoms with E-state index in [9.17, 15) is 0 Å². The molecule has 1 aliphatic carbocycles. The Morgan fingerprint density at radius 3 is 0.803 bits per heavy atom. The molecular weight excluding hydrogens is 937 g/mol. The summed E-state index contributed by atoms with van der Waals surface area (Å²) in [5, 5.41) is 8.58. The zero-order valence-corrected chi connectivity index (χ0v) is 41.7. The number of hydrogen-bond donors (Lipinski definition) is 0. The number of thiophene rings is 4. The molecule has 8 aromatic carbocycles. The maximum Gasteiger partial charge on any atom is 0.0715 e. The highest BCUT2D eigenvalue weighted by Crippen LogP contribution is 2.58. The molecule has 0 saturated heterocycles. The summed E-state index contributed by atoms with van der Waals surface area (Å²) < 4.78 is 0. The van der Waals surface area contributed by atoms with E-state index in [-0.39, 0.29) is 0 Å². The van der Waals surface area contributed by atoms with Gasteiger partial charge >= 0.3 is 0 Å². The lowest BCUT2D eigenvalue weighted by molar-refractivity contribution is 0.768. The van der Waals surface area contributed by atoms with E-state index in [2.05, 4.69) is 274 Å². The standard InChI is InChI=1S/C65H44N2S4/c1-3-11-49(12-4-1)65(50-13-5-2-6-14-50)59-43-55(66(51-27-19-45(20-28-51)61-15-7-39-68-61)52-29-21-46(22-30-52)62-16-8-40-69-62)35-37-57(59)58-38-36-56(44-60(58)65)67(53-31-23-47(24-32-53)63-17-9-41-70-63)54-33-25-48(26-34-54)64-18-10-42-71-64/h1-44H. The van der Waals surface area contributed by atoms with E-state index in [1.807, 2.05) is 0 Å². The maximum atomic E-state index is 2.47. The smallest absolute Gasteiger partial charge is 0.0715 e. The number of hydrogen-bond acceptors (Lipinski definition) is 6. The van der Waals surface area contributed by atoms with Gasteiger partial charge < -0.3 is 9.80 Å². The molecule has 13 rings (SSSR count). The minimum atomic E-state index is -0.658. The van der Waals surface area contributed by atoms with Gasteiger partial charge in [0.1, 0.15) is 0 Å². The van der Waals surface area contributed by atoms with Crippen LogP contribution >= 0.6 is 45.3 Å². The Morgan fingerprint density at radius 1 is 0.254 bits per heavy atom. The highest BCUT2D eigenvalue weighted by molar-refractivity contribution is 7.14. The van der Waals surface area contributed by atoms with Crippen molar-refractivity contribution in [2.45, 2.75) is 5.41 Å². The summed E-state index contributed by atoms with van der Waals surface area (Å²) in [7, 11) is 0. The van der Waals surface area contributed by atoms with Crippen LogP contribution in [0.5, 0.6) is 0 Å². The van der Waals surface area contributed by atoms with Crippen LogP contribution in [0.15, 0.2) is 264 Å². The molecule has 0 radical (unpaired) electrons. The number of anilines is 6. The predicted molar refractivity (Wildman–Crippen MR) is 306 cm³/mol. The van der Waals surface area contributed by atoms with Gasteiger partial charge in [0.05, 0.1) is 5.41 Å². The van der Waals surface area contributed by atoms with Gasteiger partial charge in [0.15, 0.2) is 0 Å². The first-order chi connectivity index (χ1) is 35.2. The number of nitrogens with zero attached hydrogens (tertiary/aromatic N) is 2. The molecule has 0 N–H and O–H groups in total. The van der Waals surface area contributed by atoms with Gasteiger partial charge in [-0.2, -0.15) is 0 Å².